The van der Waals surface area contributed by atoms with E-state index in [0.717, 1.165) is 22.1 Å². The molecule has 1 aliphatic rings. The molecular weight excluding hydrogens is 443 g/mol. The second-order valence-corrected chi connectivity index (χ2v) is 8.84. The number of carbonyl (C=O) groups is 2. The number of hydrogen-bond donors (Lipinski definition) is 0. The van der Waals surface area contributed by atoms with Crippen molar-refractivity contribution in [3.63, 3.8) is 0 Å². The van der Waals surface area contributed by atoms with Crippen molar-refractivity contribution in [1.82, 2.24) is 19.8 Å². The van der Waals surface area contributed by atoms with Crippen molar-refractivity contribution in [2.24, 2.45) is 0 Å². The van der Waals surface area contributed by atoms with Gasteiger partial charge in [-0.3, -0.25) is 9.59 Å². The van der Waals surface area contributed by atoms with Crippen LogP contribution in [0.1, 0.15) is 33.7 Å². The third-order valence-electron chi connectivity index (χ3n) is 5.20. The summed E-state index contributed by atoms with van der Waals surface area (Å²) in [6, 6.07) is 4.82. The monoisotopic (exact) mass is 466 g/mol. The highest BCUT2D eigenvalue weighted by Gasteiger charge is 2.25. The Labute approximate surface area is 191 Å². The second-order valence-electron chi connectivity index (χ2n) is 7.19. The summed E-state index contributed by atoms with van der Waals surface area (Å²) in [4.78, 5) is 37.9. The number of aromatic nitrogens is 2. The lowest BCUT2D eigenvalue weighted by molar-refractivity contribution is -0.132. The Bertz CT molecular complexity index is 919. The van der Waals surface area contributed by atoms with Gasteiger partial charge in [0, 0.05) is 59.6 Å². The quantitative estimate of drug-likeness (QED) is 0.491. The number of nitrogens with zero attached hydrogens (tertiary/aromatic N) is 4. The molecule has 0 bridgehead atoms. The maximum absolute atomic E-state index is 12.7. The fourth-order valence-electron chi connectivity index (χ4n) is 3.57. The maximum atomic E-state index is 12.7. The van der Waals surface area contributed by atoms with Gasteiger partial charge in [0.2, 0.25) is 5.91 Å². The summed E-state index contributed by atoms with van der Waals surface area (Å²) in [6.45, 7) is 5.91. The molecule has 0 aliphatic carbocycles. The number of amides is 2. The molecule has 3 rings (SSSR count). The van der Waals surface area contributed by atoms with Gasteiger partial charge in [0.25, 0.3) is 5.91 Å². The summed E-state index contributed by atoms with van der Waals surface area (Å²) >= 11 is 13.5. The van der Waals surface area contributed by atoms with Crippen molar-refractivity contribution in [2.45, 2.75) is 31.8 Å². The Morgan fingerprint density at radius 2 is 1.50 bits per heavy atom. The Kier molecular flexibility index (Phi) is 7.60. The van der Waals surface area contributed by atoms with Crippen LogP contribution in [0.2, 0.25) is 10.0 Å². The highest BCUT2D eigenvalue weighted by molar-refractivity contribution is 7.98. The molecule has 2 amide bonds. The van der Waals surface area contributed by atoms with E-state index >= 15 is 0 Å². The summed E-state index contributed by atoms with van der Waals surface area (Å²) < 4.78 is 0. The van der Waals surface area contributed by atoms with Gasteiger partial charge in [-0.25, -0.2) is 9.97 Å². The van der Waals surface area contributed by atoms with Gasteiger partial charge >= 0.3 is 0 Å². The molecule has 6 nitrogen and oxygen atoms in total. The molecule has 2 heterocycles. The van der Waals surface area contributed by atoms with E-state index < -0.39 is 0 Å². The molecule has 1 aromatic heterocycles. The minimum Gasteiger partial charge on any atom is -0.339 e. The van der Waals surface area contributed by atoms with Crippen molar-refractivity contribution in [1.29, 1.82) is 0 Å². The second kappa shape index (κ2) is 9.98. The summed E-state index contributed by atoms with van der Waals surface area (Å²) in [5.41, 5.74) is 3.35. The van der Waals surface area contributed by atoms with Crippen LogP contribution < -0.4 is 0 Å². The molecule has 9 heteroatoms. The highest BCUT2D eigenvalue weighted by Crippen LogP contribution is 2.21. The van der Waals surface area contributed by atoms with Gasteiger partial charge in [0.05, 0.1) is 0 Å². The molecule has 0 N–H and O–H groups in total. The van der Waals surface area contributed by atoms with E-state index in [9.17, 15) is 9.59 Å². The minimum absolute atomic E-state index is 0.0839. The Morgan fingerprint density at radius 3 is 2.03 bits per heavy atom. The summed E-state index contributed by atoms with van der Waals surface area (Å²) in [7, 11) is 0. The van der Waals surface area contributed by atoms with Crippen LogP contribution in [0.5, 0.6) is 0 Å². The molecule has 160 valence electrons. The third kappa shape index (κ3) is 5.45. The maximum Gasteiger partial charge on any atom is 0.254 e. The zero-order valence-electron chi connectivity index (χ0n) is 17.2. The van der Waals surface area contributed by atoms with Gasteiger partial charge in [-0.15, -0.1) is 0 Å². The minimum atomic E-state index is -0.121. The lowest BCUT2D eigenvalue weighted by atomic mass is 10.1. The fourth-order valence-corrected chi connectivity index (χ4v) is 4.55. The molecule has 1 aliphatic heterocycles. The number of carbonyl (C=O) groups excluding carboxylic acids is 2. The van der Waals surface area contributed by atoms with E-state index in [1.54, 1.807) is 23.1 Å². The molecule has 0 unspecified atom stereocenters. The molecule has 2 aromatic rings. The highest BCUT2D eigenvalue weighted by atomic mass is 35.5. The molecule has 30 heavy (non-hydrogen) atoms. The smallest absolute Gasteiger partial charge is 0.254 e. The van der Waals surface area contributed by atoms with E-state index in [4.69, 9.17) is 23.2 Å². The molecule has 1 fully saturated rings. The molecule has 0 radical (unpaired) electrons. The molecule has 1 aromatic carbocycles. The lowest BCUT2D eigenvalue weighted by Crippen LogP contribution is -2.50. The van der Waals surface area contributed by atoms with E-state index in [-0.39, 0.29) is 11.8 Å². The number of benzene rings is 1. The number of piperazine rings is 1. The van der Waals surface area contributed by atoms with Crippen LogP contribution in [0.4, 0.5) is 0 Å². The van der Waals surface area contributed by atoms with Gasteiger partial charge in [-0.2, -0.15) is 0 Å². The lowest BCUT2D eigenvalue weighted by Gasteiger charge is -2.35. The largest absolute Gasteiger partial charge is 0.339 e. The van der Waals surface area contributed by atoms with E-state index in [0.29, 0.717) is 54.6 Å². The Balaban J connectivity index is 1.55. The third-order valence-corrected chi connectivity index (χ3v) is 6.18. The van der Waals surface area contributed by atoms with Crippen LogP contribution >= 0.6 is 35.0 Å². The summed E-state index contributed by atoms with van der Waals surface area (Å²) in [5, 5.41) is 1.61. The average molecular weight is 467 g/mol. The molecular formula is C21H24Cl2N4O2S. The SMILES string of the molecule is CSc1nc(C)c(CCC(=O)N2CCN(C(=O)c3cc(Cl)cc(Cl)c3)CC2)c(C)n1. The normalized spacial score (nSPS) is 14.2. The number of halogens is 2. The van der Waals surface area contributed by atoms with Crippen molar-refractivity contribution in [2.75, 3.05) is 32.4 Å². The zero-order chi connectivity index (χ0) is 21.8. The zero-order valence-corrected chi connectivity index (χ0v) is 19.6. The first-order chi connectivity index (χ1) is 14.3. The fraction of sp³-hybridized carbons (Fsp3) is 0.429. The predicted molar refractivity (Wildman–Crippen MR) is 121 cm³/mol. The van der Waals surface area contributed by atoms with Gasteiger partial charge < -0.3 is 9.80 Å². The molecule has 0 atom stereocenters. The first-order valence-corrected chi connectivity index (χ1v) is 11.7. The van der Waals surface area contributed by atoms with Crippen molar-refractivity contribution >= 4 is 46.8 Å². The van der Waals surface area contributed by atoms with Crippen LogP contribution in [0.25, 0.3) is 0 Å². The first kappa shape index (κ1) is 22.8. The van der Waals surface area contributed by atoms with Gasteiger partial charge in [-0.05, 0) is 50.3 Å². The van der Waals surface area contributed by atoms with Crippen molar-refractivity contribution in [3.05, 3.63) is 50.8 Å². The van der Waals surface area contributed by atoms with Crippen molar-refractivity contribution < 1.29 is 9.59 Å². The summed E-state index contributed by atoms with van der Waals surface area (Å²) in [6.07, 6.45) is 2.97. The van der Waals surface area contributed by atoms with Gasteiger partial charge in [0.1, 0.15) is 0 Å². The van der Waals surface area contributed by atoms with Gasteiger partial charge in [0.15, 0.2) is 5.16 Å². The van der Waals surface area contributed by atoms with Crippen LogP contribution in [0, 0.1) is 13.8 Å². The molecule has 1 saturated heterocycles. The van der Waals surface area contributed by atoms with Crippen LogP contribution in [-0.2, 0) is 11.2 Å². The topological polar surface area (TPSA) is 66.4 Å². The van der Waals surface area contributed by atoms with Crippen molar-refractivity contribution in [3.8, 4) is 0 Å². The van der Waals surface area contributed by atoms with E-state index in [1.165, 1.54) is 11.8 Å². The first-order valence-electron chi connectivity index (χ1n) is 9.69. The standard InChI is InChI=1S/C21H24Cl2N4O2S/c1-13-18(14(2)25-21(24-13)30-3)4-5-19(28)26-6-8-27(9-7-26)20(29)15-10-16(22)12-17(23)11-15/h10-12H,4-9H2,1-3H3. The average Bonchev–Trinajstić information content (AvgIpc) is 2.71. The molecule has 0 spiro atoms. The van der Waals surface area contributed by atoms with E-state index in [1.807, 2.05) is 25.0 Å². The van der Waals surface area contributed by atoms with Crippen LogP contribution in [0.15, 0.2) is 23.4 Å². The van der Waals surface area contributed by atoms with E-state index in [2.05, 4.69) is 9.97 Å². The molecule has 0 saturated carbocycles. The van der Waals surface area contributed by atoms with Gasteiger partial charge in [-0.1, -0.05) is 35.0 Å². The van der Waals surface area contributed by atoms with Crippen LogP contribution in [-0.4, -0.2) is 64.0 Å². The predicted octanol–water partition coefficient (Wildman–Crippen LogP) is 4.04. The number of hydrogen-bond acceptors (Lipinski definition) is 5. The number of aryl methyl sites for hydroxylation is 2. The van der Waals surface area contributed by atoms with Crippen LogP contribution in [0.3, 0.4) is 0 Å². The Hall–Kier alpha value is -1.83. The summed E-state index contributed by atoms with van der Waals surface area (Å²) in [5.74, 6) is -0.0376. The number of rotatable bonds is 5. The Morgan fingerprint density at radius 1 is 0.967 bits per heavy atom. The number of thioether (sulfide) groups is 1.